The van der Waals surface area contributed by atoms with E-state index in [0.717, 1.165) is 31.9 Å². The molecule has 0 aromatic carbocycles. The van der Waals surface area contributed by atoms with Crippen molar-refractivity contribution < 1.29 is 9.66 Å². The first-order valence-corrected chi connectivity index (χ1v) is 8.56. The largest absolute Gasteiger partial charge is 0.480 e. The summed E-state index contributed by atoms with van der Waals surface area (Å²) in [5.41, 5.74) is 0.299. The van der Waals surface area contributed by atoms with Crippen LogP contribution in [0.5, 0.6) is 5.88 Å². The molecule has 2 aromatic heterocycles. The Morgan fingerprint density at radius 3 is 2.93 bits per heavy atom. The molecule has 0 bridgehead atoms. The lowest BCUT2D eigenvalue weighted by Crippen LogP contribution is -2.32. The van der Waals surface area contributed by atoms with Gasteiger partial charge < -0.3 is 15.4 Å². The van der Waals surface area contributed by atoms with Crippen LogP contribution in [0.4, 0.5) is 23.1 Å². The molecule has 140 valence electrons. The van der Waals surface area contributed by atoms with Crippen molar-refractivity contribution in [3.8, 4) is 11.9 Å². The smallest absolute Gasteiger partial charge is 0.329 e. The number of nitrogens with one attached hydrogen (secondary N) is 2. The van der Waals surface area contributed by atoms with Gasteiger partial charge in [0.25, 0.3) is 0 Å². The predicted octanol–water partition coefficient (Wildman–Crippen LogP) is 3.03. The Morgan fingerprint density at radius 2 is 2.19 bits per heavy atom. The maximum Gasteiger partial charge on any atom is 0.329 e. The van der Waals surface area contributed by atoms with Gasteiger partial charge >= 0.3 is 5.69 Å². The number of nitriles is 1. The molecule has 0 radical (unpaired) electrons. The van der Waals surface area contributed by atoms with E-state index in [4.69, 9.17) is 4.74 Å². The van der Waals surface area contributed by atoms with Crippen LogP contribution < -0.4 is 15.4 Å². The third kappa shape index (κ3) is 4.20. The lowest BCUT2D eigenvalue weighted by atomic mass is 9.85. The molecule has 1 fully saturated rings. The first kappa shape index (κ1) is 18.3. The molecule has 10 heteroatoms. The van der Waals surface area contributed by atoms with Gasteiger partial charge in [-0.25, -0.2) is 9.97 Å². The standard InChI is InChI=1S/C17H19N7O3/c1-27-16-13(7-4-8-19-16)22-17-20-10-14(24(25)26)15(23-17)21-12-6-3-2-5-11(12)9-18/h4,7-8,10-12H,2-3,5-6H2,1H3,(H2,20,21,22,23)/t11-,12-/m0/s1. The highest BCUT2D eigenvalue weighted by Crippen LogP contribution is 2.31. The molecule has 2 aromatic rings. The number of hydrogen-bond donors (Lipinski definition) is 2. The molecule has 0 aliphatic heterocycles. The number of methoxy groups -OCH3 is 1. The second-order valence-electron chi connectivity index (χ2n) is 6.14. The summed E-state index contributed by atoms with van der Waals surface area (Å²) in [4.78, 5) is 23.2. The molecule has 3 rings (SSSR count). The van der Waals surface area contributed by atoms with Gasteiger partial charge in [-0.05, 0) is 25.0 Å². The molecule has 2 heterocycles. The molecule has 10 nitrogen and oxygen atoms in total. The summed E-state index contributed by atoms with van der Waals surface area (Å²) in [6.07, 6.45) is 6.20. The van der Waals surface area contributed by atoms with E-state index in [-0.39, 0.29) is 29.4 Å². The molecule has 2 atom stereocenters. The third-order valence-corrected chi connectivity index (χ3v) is 4.43. The van der Waals surface area contributed by atoms with Crippen LogP contribution in [0.15, 0.2) is 24.5 Å². The molecule has 1 saturated carbocycles. The van der Waals surface area contributed by atoms with Crippen LogP contribution in [0.1, 0.15) is 25.7 Å². The number of rotatable bonds is 6. The van der Waals surface area contributed by atoms with Crippen LogP contribution in [0.2, 0.25) is 0 Å². The van der Waals surface area contributed by atoms with Crippen molar-refractivity contribution in [3.05, 3.63) is 34.6 Å². The van der Waals surface area contributed by atoms with Crippen LogP contribution in [-0.2, 0) is 0 Å². The SMILES string of the molecule is COc1ncccc1Nc1ncc([N+](=O)[O-])c(N[C@H]2CCCC[C@H]2C#N)n1. The number of aromatic nitrogens is 3. The first-order chi connectivity index (χ1) is 13.1. The van der Waals surface area contributed by atoms with Crippen molar-refractivity contribution in [1.82, 2.24) is 15.0 Å². The molecular formula is C17H19N7O3. The Hall–Kier alpha value is -3.48. The van der Waals surface area contributed by atoms with Crippen LogP contribution in [0, 0.1) is 27.4 Å². The summed E-state index contributed by atoms with van der Waals surface area (Å²) in [6, 6.07) is 5.54. The normalized spacial score (nSPS) is 19.0. The Labute approximate surface area is 155 Å². The predicted molar refractivity (Wildman–Crippen MR) is 97.7 cm³/mol. The summed E-state index contributed by atoms with van der Waals surface area (Å²) >= 11 is 0. The molecule has 1 aliphatic carbocycles. The van der Waals surface area contributed by atoms with E-state index in [1.54, 1.807) is 18.3 Å². The number of pyridine rings is 1. The second kappa shape index (κ2) is 8.27. The quantitative estimate of drug-likeness (QED) is 0.581. The minimum atomic E-state index is -0.541. The number of anilines is 3. The Balaban J connectivity index is 1.88. The summed E-state index contributed by atoms with van der Waals surface area (Å²) in [5.74, 6) is 0.403. The zero-order valence-corrected chi connectivity index (χ0v) is 14.8. The van der Waals surface area contributed by atoms with Crippen molar-refractivity contribution >= 4 is 23.1 Å². The number of hydrogen-bond acceptors (Lipinski definition) is 9. The summed E-state index contributed by atoms with van der Waals surface area (Å²) < 4.78 is 5.17. The molecular weight excluding hydrogens is 350 g/mol. The van der Waals surface area contributed by atoms with E-state index in [2.05, 4.69) is 31.7 Å². The van der Waals surface area contributed by atoms with Gasteiger partial charge in [-0.15, -0.1) is 0 Å². The zero-order chi connectivity index (χ0) is 19.2. The minimum absolute atomic E-state index is 0.0903. The third-order valence-electron chi connectivity index (χ3n) is 4.43. The molecule has 2 N–H and O–H groups in total. The Kier molecular flexibility index (Phi) is 5.61. The highest BCUT2D eigenvalue weighted by Gasteiger charge is 2.28. The number of nitrogens with zero attached hydrogens (tertiary/aromatic N) is 5. The molecule has 0 unspecified atom stereocenters. The van der Waals surface area contributed by atoms with Crippen molar-refractivity contribution in [2.24, 2.45) is 5.92 Å². The monoisotopic (exact) mass is 369 g/mol. The van der Waals surface area contributed by atoms with Crippen molar-refractivity contribution in [3.63, 3.8) is 0 Å². The van der Waals surface area contributed by atoms with Gasteiger partial charge in [0.05, 0.1) is 24.0 Å². The summed E-state index contributed by atoms with van der Waals surface area (Å²) in [7, 11) is 1.49. The van der Waals surface area contributed by atoms with Gasteiger partial charge in [-0.1, -0.05) is 12.8 Å². The minimum Gasteiger partial charge on any atom is -0.480 e. The molecule has 1 aliphatic rings. The molecule has 0 spiro atoms. The van der Waals surface area contributed by atoms with E-state index >= 15 is 0 Å². The van der Waals surface area contributed by atoms with Crippen molar-refractivity contribution in [2.45, 2.75) is 31.7 Å². The van der Waals surface area contributed by atoms with Crippen LogP contribution in [0.25, 0.3) is 0 Å². The topological polar surface area (TPSA) is 139 Å². The van der Waals surface area contributed by atoms with Gasteiger partial charge in [0.1, 0.15) is 11.9 Å². The lowest BCUT2D eigenvalue weighted by molar-refractivity contribution is -0.384. The van der Waals surface area contributed by atoms with E-state index in [9.17, 15) is 15.4 Å². The van der Waals surface area contributed by atoms with Crippen LogP contribution >= 0.6 is 0 Å². The van der Waals surface area contributed by atoms with E-state index in [0.29, 0.717) is 11.6 Å². The maximum atomic E-state index is 11.4. The number of nitro groups is 1. The van der Waals surface area contributed by atoms with E-state index < -0.39 is 4.92 Å². The van der Waals surface area contributed by atoms with Gasteiger partial charge in [0.15, 0.2) is 0 Å². The number of ether oxygens (including phenoxy) is 1. The van der Waals surface area contributed by atoms with Gasteiger partial charge in [-0.2, -0.15) is 10.2 Å². The average molecular weight is 369 g/mol. The Bertz CT molecular complexity index is 868. The summed E-state index contributed by atoms with van der Waals surface area (Å²) in [5, 5.41) is 26.7. The van der Waals surface area contributed by atoms with Crippen LogP contribution in [0.3, 0.4) is 0 Å². The van der Waals surface area contributed by atoms with E-state index in [1.165, 1.54) is 7.11 Å². The fourth-order valence-corrected chi connectivity index (χ4v) is 3.08. The molecule has 0 amide bonds. The van der Waals surface area contributed by atoms with E-state index in [1.807, 2.05) is 0 Å². The highest BCUT2D eigenvalue weighted by molar-refractivity contribution is 5.63. The fourth-order valence-electron chi connectivity index (χ4n) is 3.08. The maximum absolute atomic E-state index is 11.4. The summed E-state index contributed by atoms with van der Waals surface area (Å²) in [6.45, 7) is 0. The lowest BCUT2D eigenvalue weighted by Gasteiger charge is -2.27. The zero-order valence-electron chi connectivity index (χ0n) is 14.8. The second-order valence-corrected chi connectivity index (χ2v) is 6.14. The highest BCUT2D eigenvalue weighted by atomic mass is 16.6. The van der Waals surface area contributed by atoms with Crippen LogP contribution in [-0.4, -0.2) is 33.0 Å². The van der Waals surface area contributed by atoms with Gasteiger partial charge in [0.2, 0.25) is 17.6 Å². The Morgan fingerprint density at radius 1 is 1.37 bits per heavy atom. The molecule has 27 heavy (non-hydrogen) atoms. The van der Waals surface area contributed by atoms with Gasteiger partial charge in [-0.3, -0.25) is 10.1 Å². The van der Waals surface area contributed by atoms with Gasteiger partial charge in [0, 0.05) is 12.2 Å². The first-order valence-electron chi connectivity index (χ1n) is 8.56. The molecule has 0 saturated heterocycles. The van der Waals surface area contributed by atoms with Crippen molar-refractivity contribution in [1.29, 1.82) is 5.26 Å². The average Bonchev–Trinajstić information content (AvgIpc) is 2.69. The fraction of sp³-hybridized carbons (Fsp3) is 0.412. The van der Waals surface area contributed by atoms with Crippen molar-refractivity contribution in [2.75, 3.05) is 17.7 Å².